The molecule has 0 aromatic heterocycles. The monoisotopic (exact) mass is 249 g/mol. The predicted octanol–water partition coefficient (Wildman–Crippen LogP) is 2.51. The van der Waals surface area contributed by atoms with Crippen LogP contribution in [0.1, 0.15) is 32.8 Å². The van der Waals surface area contributed by atoms with Crippen LogP contribution >= 0.6 is 0 Å². The number of hydrogen-bond acceptors (Lipinski definition) is 2. The van der Waals surface area contributed by atoms with Crippen molar-refractivity contribution in [1.82, 2.24) is 5.32 Å². The van der Waals surface area contributed by atoms with Crippen LogP contribution in [0.25, 0.3) is 0 Å². The standard InChI is InChI=1S/C15H23NO2/c1-5-13(16-14(17)11-18-4)15(2,3)12-9-7-6-8-10-12/h6-10,13H,5,11H2,1-4H3,(H,16,17)/t13-/m1/s1. The Morgan fingerprint density at radius 2 is 1.94 bits per heavy atom. The van der Waals surface area contributed by atoms with Crippen molar-refractivity contribution in [1.29, 1.82) is 0 Å². The Kier molecular flexibility index (Phi) is 5.35. The van der Waals surface area contributed by atoms with Gasteiger partial charge < -0.3 is 10.1 Å². The molecule has 1 amide bonds. The zero-order valence-corrected chi connectivity index (χ0v) is 11.7. The smallest absolute Gasteiger partial charge is 0.246 e. The van der Waals surface area contributed by atoms with Gasteiger partial charge in [0.1, 0.15) is 6.61 Å². The van der Waals surface area contributed by atoms with Crippen molar-refractivity contribution in [3.8, 4) is 0 Å². The van der Waals surface area contributed by atoms with Gasteiger partial charge in [-0.2, -0.15) is 0 Å². The molecule has 100 valence electrons. The molecule has 0 bridgehead atoms. The zero-order chi connectivity index (χ0) is 13.6. The Bertz CT molecular complexity index is 373. The van der Waals surface area contributed by atoms with Gasteiger partial charge in [-0.25, -0.2) is 0 Å². The minimum atomic E-state index is -0.0978. The van der Waals surface area contributed by atoms with Crippen LogP contribution < -0.4 is 5.32 Å². The highest BCUT2D eigenvalue weighted by molar-refractivity contribution is 5.77. The van der Waals surface area contributed by atoms with E-state index in [0.29, 0.717) is 0 Å². The summed E-state index contributed by atoms with van der Waals surface area (Å²) in [4.78, 5) is 11.7. The van der Waals surface area contributed by atoms with Crippen LogP contribution in [-0.2, 0) is 14.9 Å². The van der Waals surface area contributed by atoms with E-state index in [0.717, 1.165) is 6.42 Å². The minimum Gasteiger partial charge on any atom is -0.375 e. The van der Waals surface area contributed by atoms with E-state index < -0.39 is 0 Å². The highest BCUT2D eigenvalue weighted by atomic mass is 16.5. The van der Waals surface area contributed by atoms with E-state index in [4.69, 9.17) is 4.74 Å². The van der Waals surface area contributed by atoms with Crippen molar-refractivity contribution in [2.75, 3.05) is 13.7 Å². The van der Waals surface area contributed by atoms with Crippen LogP contribution in [0.15, 0.2) is 30.3 Å². The van der Waals surface area contributed by atoms with E-state index in [-0.39, 0.29) is 24.0 Å². The summed E-state index contributed by atoms with van der Waals surface area (Å²) in [5, 5.41) is 3.04. The summed E-state index contributed by atoms with van der Waals surface area (Å²) in [7, 11) is 1.53. The maximum atomic E-state index is 11.7. The summed E-state index contributed by atoms with van der Waals surface area (Å²) in [5.41, 5.74) is 1.13. The van der Waals surface area contributed by atoms with Crippen molar-refractivity contribution in [2.45, 2.75) is 38.6 Å². The third kappa shape index (κ3) is 3.57. The number of ether oxygens (including phenoxy) is 1. The lowest BCUT2D eigenvalue weighted by atomic mass is 9.76. The van der Waals surface area contributed by atoms with Crippen molar-refractivity contribution < 1.29 is 9.53 Å². The molecule has 1 aromatic carbocycles. The second-order valence-corrected chi connectivity index (χ2v) is 5.05. The lowest BCUT2D eigenvalue weighted by molar-refractivity contribution is -0.125. The van der Waals surface area contributed by atoms with E-state index >= 15 is 0 Å². The van der Waals surface area contributed by atoms with Crippen LogP contribution in [0.2, 0.25) is 0 Å². The first-order valence-electron chi connectivity index (χ1n) is 6.36. The van der Waals surface area contributed by atoms with Crippen LogP contribution in [0.3, 0.4) is 0 Å². The molecular weight excluding hydrogens is 226 g/mol. The van der Waals surface area contributed by atoms with E-state index in [1.807, 2.05) is 18.2 Å². The Balaban J connectivity index is 2.83. The largest absolute Gasteiger partial charge is 0.375 e. The molecule has 0 aliphatic heterocycles. The first-order chi connectivity index (χ1) is 8.52. The van der Waals surface area contributed by atoms with Crippen molar-refractivity contribution in [3.63, 3.8) is 0 Å². The molecule has 1 N–H and O–H groups in total. The topological polar surface area (TPSA) is 38.3 Å². The lowest BCUT2D eigenvalue weighted by Crippen LogP contribution is -2.48. The molecule has 0 fully saturated rings. The average molecular weight is 249 g/mol. The number of benzene rings is 1. The minimum absolute atomic E-state index is 0.0617. The molecule has 0 spiro atoms. The van der Waals surface area contributed by atoms with Gasteiger partial charge in [-0.15, -0.1) is 0 Å². The first kappa shape index (κ1) is 14.7. The summed E-state index contributed by atoms with van der Waals surface area (Å²) in [6.07, 6.45) is 0.886. The van der Waals surface area contributed by atoms with E-state index in [1.54, 1.807) is 0 Å². The number of carbonyl (C=O) groups is 1. The number of hydrogen-bond donors (Lipinski definition) is 1. The van der Waals surface area contributed by atoms with Crippen LogP contribution in [0.5, 0.6) is 0 Å². The van der Waals surface area contributed by atoms with Gasteiger partial charge >= 0.3 is 0 Å². The molecular formula is C15H23NO2. The van der Waals surface area contributed by atoms with Gasteiger partial charge in [-0.3, -0.25) is 4.79 Å². The molecule has 0 aliphatic carbocycles. The second kappa shape index (κ2) is 6.55. The zero-order valence-electron chi connectivity index (χ0n) is 11.7. The third-order valence-corrected chi connectivity index (χ3v) is 3.41. The molecule has 18 heavy (non-hydrogen) atoms. The summed E-state index contributed by atoms with van der Waals surface area (Å²) < 4.78 is 4.86. The van der Waals surface area contributed by atoms with E-state index in [2.05, 4.69) is 38.2 Å². The summed E-state index contributed by atoms with van der Waals surface area (Å²) in [6, 6.07) is 10.4. The summed E-state index contributed by atoms with van der Waals surface area (Å²) >= 11 is 0. The molecule has 1 rings (SSSR count). The number of methoxy groups -OCH3 is 1. The quantitative estimate of drug-likeness (QED) is 0.841. The third-order valence-electron chi connectivity index (χ3n) is 3.41. The molecule has 0 unspecified atom stereocenters. The Hall–Kier alpha value is -1.35. The van der Waals surface area contributed by atoms with Crippen molar-refractivity contribution >= 4 is 5.91 Å². The Morgan fingerprint density at radius 1 is 1.33 bits per heavy atom. The maximum Gasteiger partial charge on any atom is 0.246 e. The molecule has 0 heterocycles. The fraction of sp³-hybridized carbons (Fsp3) is 0.533. The van der Waals surface area contributed by atoms with Crippen molar-refractivity contribution in [2.24, 2.45) is 0 Å². The van der Waals surface area contributed by atoms with Gasteiger partial charge in [0.15, 0.2) is 0 Å². The molecule has 0 saturated carbocycles. The fourth-order valence-corrected chi connectivity index (χ4v) is 2.23. The highest BCUT2D eigenvalue weighted by Gasteiger charge is 2.30. The Labute approximate surface area is 110 Å². The number of carbonyl (C=O) groups excluding carboxylic acids is 1. The molecule has 0 saturated heterocycles. The Morgan fingerprint density at radius 3 is 2.44 bits per heavy atom. The molecule has 1 aromatic rings. The molecule has 3 heteroatoms. The van der Waals surface area contributed by atoms with Gasteiger partial charge in [-0.1, -0.05) is 51.1 Å². The summed E-state index contributed by atoms with van der Waals surface area (Å²) in [6.45, 7) is 6.51. The average Bonchev–Trinajstić information content (AvgIpc) is 2.37. The molecule has 1 atom stereocenters. The van der Waals surface area contributed by atoms with Crippen molar-refractivity contribution in [3.05, 3.63) is 35.9 Å². The number of rotatable bonds is 6. The normalized spacial score (nSPS) is 13.1. The van der Waals surface area contributed by atoms with Gasteiger partial charge in [0.05, 0.1) is 0 Å². The SMILES string of the molecule is CC[C@@H](NC(=O)COC)C(C)(C)c1ccccc1. The highest BCUT2D eigenvalue weighted by Crippen LogP contribution is 2.28. The predicted molar refractivity (Wildman–Crippen MR) is 73.6 cm³/mol. The van der Waals surface area contributed by atoms with Crippen LogP contribution in [0.4, 0.5) is 0 Å². The molecule has 0 aliphatic rings. The first-order valence-corrected chi connectivity index (χ1v) is 6.36. The van der Waals surface area contributed by atoms with Gasteiger partial charge in [0, 0.05) is 18.6 Å². The summed E-state index contributed by atoms with van der Waals surface area (Å²) in [5.74, 6) is -0.0617. The van der Waals surface area contributed by atoms with Crippen LogP contribution in [0, 0.1) is 0 Å². The lowest BCUT2D eigenvalue weighted by Gasteiger charge is -2.35. The maximum absolute atomic E-state index is 11.7. The number of amides is 1. The van der Waals surface area contributed by atoms with E-state index in [9.17, 15) is 4.79 Å². The van der Waals surface area contributed by atoms with Crippen LogP contribution in [-0.4, -0.2) is 25.7 Å². The fourth-order valence-electron chi connectivity index (χ4n) is 2.23. The van der Waals surface area contributed by atoms with E-state index in [1.165, 1.54) is 12.7 Å². The molecule has 0 radical (unpaired) electrons. The second-order valence-electron chi connectivity index (χ2n) is 5.05. The van der Waals surface area contributed by atoms with Gasteiger partial charge in [-0.05, 0) is 12.0 Å². The number of nitrogens with one attached hydrogen (secondary N) is 1. The van der Waals surface area contributed by atoms with Gasteiger partial charge in [0.25, 0.3) is 0 Å². The van der Waals surface area contributed by atoms with Gasteiger partial charge in [0.2, 0.25) is 5.91 Å². The molecule has 3 nitrogen and oxygen atoms in total.